The van der Waals surface area contributed by atoms with Crippen LogP contribution in [0.25, 0.3) is 5.69 Å². The Bertz CT molecular complexity index is 1190. The summed E-state index contributed by atoms with van der Waals surface area (Å²) in [6, 6.07) is 15.3. The molecular formula is C25H25F3N4O3. The van der Waals surface area contributed by atoms with E-state index >= 15 is 0 Å². The Morgan fingerprint density at radius 3 is 2.37 bits per heavy atom. The SMILES string of the molecule is CCOC(=O)c1cnn(-c2ccc(C(=O)N3CCN(C)CC3c3ccccc3)cc2)c1C(F)(F)F. The van der Waals surface area contributed by atoms with E-state index in [2.05, 4.69) is 10.00 Å². The maximum Gasteiger partial charge on any atom is 0.434 e. The Labute approximate surface area is 200 Å². The highest BCUT2D eigenvalue weighted by atomic mass is 19.4. The maximum absolute atomic E-state index is 13.8. The predicted octanol–water partition coefficient (Wildman–Crippen LogP) is 4.20. The molecule has 0 bridgehead atoms. The monoisotopic (exact) mass is 486 g/mol. The molecule has 184 valence electrons. The quantitative estimate of drug-likeness (QED) is 0.506. The fraction of sp³-hybridized carbons (Fsp3) is 0.320. The molecule has 4 rings (SSSR count). The molecule has 0 spiro atoms. The Kier molecular flexibility index (Phi) is 6.93. The summed E-state index contributed by atoms with van der Waals surface area (Å²) in [7, 11) is 2.00. The van der Waals surface area contributed by atoms with Crippen LogP contribution in [-0.4, -0.2) is 64.7 Å². The van der Waals surface area contributed by atoms with Crippen molar-refractivity contribution in [2.45, 2.75) is 19.1 Å². The second-order valence-corrected chi connectivity index (χ2v) is 8.27. The van der Waals surface area contributed by atoms with E-state index in [-0.39, 0.29) is 24.2 Å². The van der Waals surface area contributed by atoms with Crippen molar-refractivity contribution >= 4 is 11.9 Å². The number of carbonyl (C=O) groups is 2. The maximum atomic E-state index is 13.8. The number of hydrogen-bond acceptors (Lipinski definition) is 5. The standard InChI is InChI=1S/C25H25F3N4O3/c1-3-35-24(34)20-15-29-32(22(20)25(26,27)28)19-11-9-18(10-12-19)23(33)31-14-13-30(2)16-21(31)17-7-5-4-6-8-17/h4-12,15,21H,3,13-14,16H2,1-2H3. The van der Waals surface area contributed by atoms with Crippen LogP contribution in [0.5, 0.6) is 0 Å². The second kappa shape index (κ2) is 9.91. The average Bonchev–Trinajstić information content (AvgIpc) is 3.31. The minimum Gasteiger partial charge on any atom is -0.462 e. The summed E-state index contributed by atoms with van der Waals surface area (Å²) in [4.78, 5) is 29.3. The fourth-order valence-electron chi connectivity index (χ4n) is 4.21. The highest BCUT2D eigenvalue weighted by Gasteiger charge is 2.41. The number of ether oxygens (including phenoxy) is 1. The molecule has 1 fully saturated rings. The van der Waals surface area contributed by atoms with Crippen molar-refractivity contribution in [1.29, 1.82) is 0 Å². The van der Waals surface area contributed by atoms with Gasteiger partial charge in [0.05, 0.1) is 24.5 Å². The number of nitrogens with zero attached hydrogens (tertiary/aromatic N) is 4. The molecule has 1 unspecified atom stereocenters. The van der Waals surface area contributed by atoms with Gasteiger partial charge in [0.1, 0.15) is 5.56 Å². The van der Waals surface area contributed by atoms with Gasteiger partial charge in [-0.2, -0.15) is 18.3 Å². The molecule has 1 aromatic heterocycles. The van der Waals surface area contributed by atoms with E-state index in [9.17, 15) is 22.8 Å². The summed E-state index contributed by atoms with van der Waals surface area (Å²) in [5.74, 6) is -1.30. The van der Waals surface area contributed by atoms with E-state index in [1.165, 1.54) is 31.2 Å². The van der Waals surface area contributed by atoms with Crippen molar-refractivity contribution in [1.82, 2.24) is 19.6 Å². The van der Waals surface area contributed by atoms with Gasteiger partial charge in [0.25, 0.3) is 5.91 Å². The lowest BCUT2D eigenvalue weighted by molar-refractivity contribution is -0.143. The third kappa shape index (κ3) is 5.07. The number of piperazine rings is 1. The normalized spacial score (nSPS) is 16.8. The van der Waals surface area contributed by atoms with Crippen LogP contribution in [-0.2, 0) is 10.9 Å². The lowest BCUT2D eigenvalue weighted by Crippen LogP contribution is -2.49. The first-order valence-corrected chi connectivity index (χ1v) is 11.2. The minimum absolute atomic E-state index is 0.0611. The number of halogens is 3. The van der Waals surface area contributed by atoms with Crippen LogP contribution in [0, 0.1) is 0 Å². The average molecular weight is 486 g/mol. The number of alkyl halides is 3. The number of likely N-dealkylation sites (N-methyl/N-ethyl adjacent to an activating group) is 1. The van der Waals surface area contributed by atoms with Gasteiger partial charge < -0.3 is 14.5 Å². The van der Waals surface area contributed by atoms with Crippen LogP contribution < -0.4 is 0 Å². The zero-order chi connectivity index (χ0) is 25.2. The summed E-state index contributed by atoms with van der Waals surface area (Å²) < 4.78 is 46.7. The summed E-state index contributed by atoms with van der Waals surface area (Å²) in [5, 5.41) is 3.78. The molecule has 10 heteroatoms. The van der Waals surface area contributed by atoms with Gasteiger partial charge in [-0.25, -0.2) is 9.48 Å². The van der Waals surface area contributed by atoms with E-state index in [4.69, 9.17) is 4.74 Å². The molecule has 0 aliphatic carbocycles. The molecule has 1 saturated heterocycles. The molecular weight excluding hydrogens is 461 g/mol. The third-order valence-corrected chi connectivity index (χ3v) is 5.92. The number of esters is 1. The summed E-state index contributed by atoms with van der Waals surface area (Å²) >= 11 is 0. The van der Waals surface area contributed by atoms with Crippen molar-refractivity contribution < 1.29 is 27.5 Å². The van der Waals surface area contributed by atoms with Crippen molar-refractivity contribution in [2.75, 3.05) is 33.3 Å². The molecule has 1 aliphatic rings. The number of amides is 1. The molecule has 35 heavy (non-hydrogen) atoms. The highest BCUT2D eigenvalue weighted by Crippen LogP contribution is 2.34. The fourth-order valence-corrected chi connectivity index (χ4v) is 4.21. The molecule has 3 aromatic rings. The molecule has 0 radical (unpaired) electrons. The van der Waals surface area contributed by atoms with Gasteiger partial charge >= 0.3 is 12.1 Å². The smallest absolute Gasteiger partial charge is 0.434 e. The molecule has 7 nitrogen and oxygen atoms in total. The number of benzene rings is 2. The van der Waals surface area contributed by atoms with Crippen molar-refractivity contribution in [3.05, 3.63) is 83.2 Å². The zero-order valence-electron chi connectivity index (χ0n) is 19.3. The first kappa shape index (κ1) is 24.5. The topological polar surface area (TPSA) is 67.7 Å². The minimum atomic E-state index is -4.84. The van der Waals surface area contributed by atoms with Gasteiger partial charge in [0.15, 0.2) is 5.69 Å². The van der Waals surface area contributed by atoms with E-state index in [1.807, 2.05) is 37.4 Å². The molecule has 2 heterocycles. The van der Waals surface area contributed by atoms with E-state index < -0.39 is 23.4 Å². The third-order valence-electron chi connectivity index (χ3n) is 5.92. The summed E-state index contributed by atoms with van der Waals surface area (Å²) in [5.41, 5.74) is -0.448. The van der Waals surface area contributed by atoms with Crippen LogP contribution in [0.3, 0.4) is 0 Å². The van der Waals surface area contributed by atoms with Crippen LogP contribution in [0.2, 0.25) is 0 Å². The van der Waals surface area contributed by atoms with Crippen LogP contribution in [0.15, 0.2) is 60.8 Å². The lowest BCUT2D eigenvalue weighted by atomic mass is 10.0. The molecule has 1 amide bonds. The van der Waals surface area contributed by atoms with Gasteiger partial charge in [-0.15, -0.1) is 0 Å². The molecule has 0 N–H and O–H groups in total. The molecule has 2 aromatic carbocycles. The van der Waals surface area contributed by atoms with Crippen LogP contribution in [0.4, 0.5) is 13.2 Å². The van der Waals surface area contributed by atoms with E-state index in [0.717, 1.165) is 11.8 Å². The van der Waals surface area contributed by atoms with Gasteiger partial charge in [-0.1, -0.05) is 30.3 Å². The Balaban J connectivity index is 1.63. The van der Waals surface area contributed by atoms with Crippen molar-refractivity contribution in [2.24, 2.45) is 0 Å². The summed E-state index contributed by atoms with van der Waals surface area (Å²) in [6.07, 6.45) is -4.00. The Morgan fingerprint density at radius 2 is 1.74 bits per heavy atom. The van der Waals surface area contributed by atoms with Gasteiger partial charge in [-0.3, -0.25) is 4.79 Å². The van der Waals surface area contributed by atoms with Crippen molar-refractivity contribution in [3.8, 4) is 5.69 Å². The molecule has 1 aliphatic heterocycles. The molecule has 1 atom stereocenters. The number of carbonyl (C=O) groups excluding carboxylic acids is 2. The first-order valence-electron chi connectivity index (χ1n) is 11.2. The highest BCUT2D eigenvalue weighted by molar-refractivity contribution is 5.95. The molecule has 0 saturated carbocycles. The Hall–Kier alpha value is -3.66. The number of rotatable bonds is 5. The summed E-state index contributed by atoms with van der Waals surface area (Å²) in [6.45, 7) is 3.36. The number of aromatic nitrogens is 2. The van der Waals surface area contributed by atoms with Crippen LogP contribution >= 0.6 is 0 Å². The second-order valence-electron chi connectivity index (χ2n) is 8.27. The van der Waals surface area contributed by atoms with Gasteiger partial charge in [0, 0.05) is 25.2 Å². The van der Waals surface area contributed by atoms with Crippen molar-refractivity contribution in [3.63, 3.8) is 0 Å². The lowest BCUT2D eigenvalue weighted by Gasteiger charge is -2.40. The Morgan fingerprint density at radius 1 is 1.06 bits per heavy atom. The predicted molar refractivity (Wildman–Crippen MR) is 122 cm³/mol. The van der Waals surface area contributed by atoms with E-state index in [1.54, 1.807) is 4.90 Å². The van der Waals surface area contributed by atoms with E-state index in [0.29, 0.717) is 29.9 Å². The van der Waals surface area contributed by atoms with Gasteiger partial charge in [0.2, 0.25) is 0 Å². The first-order chi connectivity index (χ1) is 16.7. The van der Waals surface area contributed by atoms with Gasteiger partial charge in [-0.05, 0) is 43.8 Å². The van der Waals surface area contributed by atoms with Crippen LogP contribution in [0.1, 0.15) is 44.9 Å². The largest absolute Gasteiger partial charge is 0.462 e. The zero-order valence-corrected chi connectivity index (χ0v) is 19.3. The number of hydrogen-bond donors (Lipinski definition) is 0.